The molecule has 0 heterocycles. The highest BCUT2D eigenvalue weighted by Crippen LogP contribution is 2.44. The van der Waals surface area contributed by atoms with Crippen LogP contribution in [0.1, 0.15) is 65.7 Å². The van der Waals surface area contributed by atoms with Gasteiger partial charge in [0.25, 0.3) is 0 Å². The molecule has 15 heavy (non-hydrogen) atoms. The minimum atomic E-state index is 0.776. The fourth-order valence-electron chi connectivity index (χ4n) is 3.41. The molecule has 0 amide bonds. The molecule has 0 heteroatoms. The van der Waals surface area contributed by atoms with E-state index in [1.807, 2.05) is 0 Å². The van der Waals surface area contributed by atoms with Gasteiger partial charge in [0.15, 0.2) is 0 Å². The van der Waals surface area contributed by atoms with Crippen LogP contribution in [0.4, 0.5) is 0 Å². The van der Waals surface area contributed by atoms with Crippen molar-refractivity contribution in [3.8, 4) is 0 Å². The summed E-state index contributed by atoms with van der Waals surface area (Å²) in [7, 11) is 0. The van der Waals surface area contributed by atoms with E-state index in [2.05, 4.69) is 20.8 Å². The molecule has 0 saturated heterocycles. The van der Waals surface area contributed by atoms with Gasteiger partial charge in [-0.1, -0.05) is 37.8 Å². The summed E-state index contributed by atoms with van der Waals surface area (Å²) in [5.74, 6) is 0.776. The van der Waals surface area contributed by atoms with Crippen molar-refractivity contribution >= 4 is 0 Å². The number of allylic oxidation sites excluding steroid dienone is 4. The molecule has 0 aliphatic heterocycles. The van der Waals surface area contributed by atoms with E-state index >= 15 is 0 Å². The normalized spacial score (nSPS) is 27.0. The lowest BCUT2D eigenvalue weighted by molar-refractivity contribution is 0.657. The predicted molar refractivity (Wildman–Crippen MR) is 66.9 cm³/mol. The first kappa shape index (κ1) is 11.0. The molecule has 0 fully saturated rings. The van der Waals surface area contributed by atoms with E-state index in [-0.39, 0.29) is 0 Å². The van der Waals surface area contributed by atoms with Crippen LogP contribution in [-0.2, 0) is 0 Å². The van der Waals surface area contributed by atoms with Gasteiger partial charge >= 0.3 is 0 Å². The van der Waals surface area contributed by atoms with Crippen LogP contribution in [0.3, 0.4) is 0 Å². The Labute approximate surface area is 94.5 Å². The van der Waals surface area contributed by atoms with Crippen LogP contribution >= 0.6 is 0 Å². The Hall–Kier alpha value is -0.520. The van der Waals surface area contributed by atoms with E-state index in [4.69, 9.17) is 0 Å². The molecule has 0 spiro atoms. The Balaban J connectivity index is 2.26. The summed E-state index contributed by atoms with van der Waals surface area (Å²) in [6.07, 6.45) is 9.64. The lowest BCUT2D eigenvalue weighted by atomic mass is 9.91. The third-order valence-electron chi connectivity index (χ3n) is 4.26. The Morgan fingerprint density at radius 3 is 2.60 bits per heavy atom. The maximum absolute atomic E-state index is 2.43. The highest BCUT2D eigenvalue weighted by Gasteiger charge is 2.27. The molecule has 0 N–H and O–H groups in total. The molecule has 0 bridgehead atoms. The molecule has 0 aromatic heterocycles. The number of rotatable bonds is 2. The third kappa shape index (κ3) is 1.91. The molecule has 0 aromatic carbocycles. The average Bonchev–Trinajstić information content (AvgIpc) is 2.47. The maximum Gasteiger partial charge on any atom is -0.000969 e. The minimum absolute atomic E-state index is 0.776. The van der Waals surface area contributed by atoms with Crippen molar-refractivity contribution in [2.75, 3.05) is 0 Å². The summed E-state index contributed by atoms with van der Waals surface area (Å²) in [6, 6.07) is 0. The second-order valence-electron chi connectivity index (χ2n) is 5.19. The van der Waals surface area contributed by atoms with Crippen LogP contribution < -0.4 is 0 Å². The quantitative estimate of drug-likeness (QED) is 0.593. The van der Waals surface area contributed by atoms with Crippen LogP contribution in [0.5, 0.6) is 0 Å². The van der Waals surface area contributed by atoms with Gasteiger partial charge in [0.1, 0.15) is 0 Å². The van der Waals surface area contributed by atoms with Crippen molar-refractivity contribution in [1.29, 1.82) is 0 Å². The molecule has 1 atom stereocenters. The van der Waals surface area contributed by atoms with E-state index in [0.29, 0.717) is 0 Å². The maximum atomic E-state index is 2.43. The monoisotopic (exact) mass is 204 g/mol. The van der Waals surface area contributed by atoms with E-state index in [1.165, 1.54) is 44.9 Å². The first-order valence-corrected chi connectivity index (χ1v) is 6.67. The first-order valence-electron chi connectivity index (χ1n) is 6.67. The van der Waals surface area contributed by atoms with Crippen molar-refractivity contribution in [3.63, 3.8) is 0 Å². The Bertz CT molecular complexity index is 304. The second-order valence-corrected chi connectivity index (χ2v) is 5.19. The Morgan fingerprint density at radius 1 is 1.13 bits per heavy atom. The van der Waals surface area contributed by atoms with E-state index in [1.54, 1.807) is 22.3 Å². The molecular formula is C15H24. The summed E-state index contributed by atoms with van der Waals surface area (Å²) >= 11 is 0. The van der Waals surface area contributed by atoms with E-state index < -0.39 is 0 Å². The van der Waals surface area contributed by atoms with Gasteiger partial charge in [0.2, 0.25) is 0 Å². The molecule has 2 aliphatic carbocycles. The molecule has 0 radical (unpaired) electrons. The van der Waals surface area contributed by atoms with Crippen LogP contribution in [0.2, 0.25) is 0 Å². The fourth-order valence-corrected chi connectivity index (χ4v) is 3.41. The predicted octanol–water partition coefficient (Wildman–Crippen LogP) is 5.01. The van der Waals surface area contributed by atoms with Crippen molar-refractivity contribution in [2.45, 2.75) is 65.7 Å². The van der Waals surface area contributed by atoms with E-state index in [0.717, 1.165) is 5.92 Å². The highest BCUT2D eigenvalue weighted by molar-refractivity contribution is 5.48. The van der Waals surface area contributed by atoms with Gasteiger partial charge in [0, 0.05) is 0 Å². The van der Waals surface area contributed by atoms with Crippen molar-refractivity contribution in [2.24, 2.45) is 5.92 Å². The van der Waals surface area contributed by atoms with Gasteiger partial charge in [-0.2, -0.15) is 0 Å². The van der Waals surface area contributed by atoms with Crippen LogP contribution in [0.15, 0.2) is 22.3 Å². The summed E-state index contributed by atoms with van der Waals surface area (Å²) in [6.45, 7) is 7.10. The molecule has 2 aliphatic rings. The van der Waals surface area contributed by atoms with Crippen molar-refractivity contribution < 1.29 is 0 Å². The lowest BCUT2D eigenvalue weighted by Gasteiger charge is -2.14. The zero-order valence-corrected chi connectivity index (χ0v) is 10.5. The Kier molecular flexibility index (Phi) is 3.33. The summed E-state index contributed by atoms with van der Waals surface area (Å²) < 4.78 is 0. The topological polar surface area (TPSA) is 0 Å². The van der Waals surface area contributed by atoms with Crippen molar-refractivity contribution in [1.82, 2.24) is 0 Å². The van der Waals surface area contributed by atoms with Crippen LogP contribution in [0.25, 0.3) is 0 Å². The molecular weight excluding hydrogens is 180 g/mol. The second kappa shape index (κ2) is 4.55. The van der Waals surface area contributed by atoms with Gasteiger partial charge in [-0.05, 0) is 56.1 Å². The summed E-state index contributed by atoms with van der Waals surface area (Å²) in [4.78, 5) is 0. The van der Waals surface area contributed by atoms with Gasteiger partial charge < -0.3 is 0 Å². The SMILES string of the molecule is CCCC1=C(C)C2=C(CCCCC2)C1C. The molecule has 0 saturated carbocycles. The van der Waals surface area contributed by atoms with E-state index in [9.17, 15) is 0 Å². The zero-order valence-electron chi connectivity index (χ0n) is 10.5. The minimum Gasteiger partial charge on any atom is -0.0651 e. The van der Waals surface area contributed by atoms with Crippen LogP contribution in [0, 0.1) is 5.92 Å². The summed E-state index contributed by atoms with van der Waals surface area (Å²) in [5.41, 5.74) is 6.97. The zero-order chi connectivity index (χ0) is 10.8. The fraction of sp³-hybridized carbons (Fsp3) is 0.733. The molecule has 0 nitrogen and oxygen atoms in total. The average molecular weight is 204 g/mol. The summed E-state index contributed by atoms with van der Waals surface area (Å²) in [5, 5.41) is 0. The van der Waals surface area contributed by atoms with Gasteiger partial charge in [-0.25, -0.2) is 0 Å². The third-order valence-corrected chi connectivity index (χ3v) is 4.26. The van der Waals surface area contributed by atoms with Gasteiger partial charge in [0.05, 0.1) is 0 Å². The molecule has 2 rings (SSSR count). The number of hydrogen-bond acceptors (Lipinski definition) is 0. The molecule has 1 unspecified atom stereocenters. The Morgan fingerprint density at radius 2 is 1.87 bits per heavy atom. The first-order chi connectivity index (χ1) is 7.25. The largest absolute Gasteiger partial charge is 0.0651 e. The lowest BCUT2D eigenvalue weighted by Crippen LogP contribution is -1.99. The smallest absolute Gasteiger partial charge is 0.000969 e. The van der Waals surface area contributed by atoms with Gasteiger partial charge in [-0.3, -0.25) is 0 Å². The van der Waals surface area contributed by atoms with Crippen LogP contribution in [-0.4, -0.2) is 0 Å². The molecule has 0 aromatic rings. The van der Waals surface area contributed by atoms with Crippen molar-refractivity contribution in [3.05, 3.63) is 22.3 Å². The highest BCUT2D eigenvalue weighted by atomic mass is 14.3. The standard InChI is InChI=1S/C15H24/c1-4-8-13-11(2)14-9-6-5-7-10-15(14)12(13)3/h11H,4-10H2,1-3H3. The van der Waals surface area contributed by atoms with Gasteiger partial charge in [-0.15, -0.1) is 0 Å². The molecule has 84 valence electrons. The number of hydrogen-bond donors (Lipinski definition) is 0.